The van der Waals surface area contributed by atoms with Crippen molar-refractivity contribution in [3.05, 3.63) is 35.6 Å². The quantitative estimate of drug-likeness (QED) is 0.734. The van der Waals surface area contributed by atoms with Crippen LogP contribution in [0.2, 0.25) is 0 Å². The minimum absolute atomic E-state index is 0.0600. The maximum atomic E-state index is 12.7. The van der Waals surface area contributed by atoms with Gasteiger partial charge in [0.2, 0.25) is 0 Å². The van der Waals surface area contributed by atoms with E-state index in [1.807, 2.05) is 0 Å². The van der Waals surface area contributed by atoms with Crippen LogP contribution >= 0.6 is 0 Å². The Hall–Kier alpha value is -1.42. The highest BCUT2D eigenvalue weighted by Crippen LogP contribution is 2.07. The maximum Gasteiger partial charge on any atom is 0.335 e. The number of aliphatic hydroxyl groups excluding tert-OH is 1. The summed E-state index contributed by atoms with van der Waals surface area (Å²) >= 11 is 0. The van der Waals surface area contributed by atoms with E-state index in [9.17, 15) is 14.3 Å². The smallest absolute Gasteiger partial charge is 0.335 e. The summed E-state index contributed by atoms with van der Waals surface area (Å²) < 4.78 is 17.0. The Kier molecular flexibility index (Phi) is 3.59. The highest BCUT2D eigenvalue weighted by Gasteiger charge is 2.15. The standard InChI is InChI=1S/C10H11FO3/c1-14-10(13)9(12)6-7-3-2-4-8(11)5-7/h2-5,9,12H,6H2,1H3/t9-/m1/s1. The van der Waals surface area contributed by atoms with Crippen molar-refractivity contribution in [2.45, 2.75) is 12.5 Å². The van der Waals surface area contributed by atoms with Gasteiger partial charge in [0.05, 0.1) is 7.11 Å². The van der Waals surface area contributed by atoms with Gasteiger partial charge in [0.1, 0.15) is 5.82 Å². The summed E-state index contributed by atoms with van der Waals surface area (Å²) in [4.78, 5) is 10.8. The third-order valence-electron chi connectivity index (χ3n) is 1.79. The lowest BCUT2D eigenvalue weighted by Gasteiger charge is -2.07. The lowest BCUT2D eigenvalue weighted by Crippen LogP contribution is -2.24. The van der Waals surface area contributed by atoms with Crippen molar-refractivity contribution in [2.24, 2.45) is 0 Å². The van der Waals surface area contributed by atoms with Gasteiger partial charge in [-0.3, -0.25) is 0 Å². The van der Waals surface area contributed by atoms with Crippen LogP contribution in [0.1, 0.15) is 5.56 Å². The average Bonchev–Trinajstić information content (AvgIpc) is 2.16. The van der Waals surface area contributed by atoms with Crippen molar-refractivity contribution in [2.75, 3.05) is 7.11 Å². The Labute approximate surface area is 81.1 Å². The summed E-state index contributed by atoms with van der Waals surface area (Å²) in [5, 5.41) is 9.27. The topological polar surface area (TPSA) is 46.5 Å². The van der Waals surface area contributed by atoms with Crippen LogP contribution in [0.5, 0.6) is 0 Å². The fourth-order valence-corrected chi connectivity index (χ4v) is 1.11. The van der Waals surface area contributed by atoms with E-state index < -0.39 is 12.1 Å². The van der Waals surface area contributed by atoms with Crippen LogP contribution in [0.25, 0.3) is 0 Å². The van der Waals surface area contributed by atoms with Crippen LogP contribution < -0.4 is 0 Å². The molecule has 0 aliphatic heterocycles. The molecule has 0 amide bonds. The molecule has 3 nitrogen and oxygen atoms in total. The zero-order valence-electron chi connectivity index (χ0n) is 7.74. The van der Waals surface area contributed by atoms with E-state index in [0.29, 0.717) is 5.56 Å². The maximum absolute atomic E-state index is 12.7. The van der Waals surface area contributed by atoms with Crippen LogP contribution in [0.15, 0.2) is 24.3 Å². The van der Waals surface area contributed by atoms with Crippen molar-refractivity contribution in [1.29, 1.82) is 0 Å². The Morgan fingerprint density at radius 1 is 1.64 bits per heavy atom. The van der Waals surface area contributed by atoms with Crippen LogP contribution in [0, 0.1) is 5.82 Å². The number of hydrogen-bond acceptors (Lipinski definition) is 3. The van der Waals surface area contributed by atoms with Crippen LogP contribution in [-0.2, 0) is 16.0 Å². The molecule has 0 fully saturated rings. The van der Waals surface area contributed by atoms with Gasteiger partial charge in [0.25, 0.3) is 0 Å². The molecule has 1 rings (SSSR count). The Balaban J connectivity index is 2.64. The number of methoxy groups -OCH3 is 1. The molecule has 1 aromatic rings. The summed E-state index contributed by atoms with van der Waals surface area (Å²) in [6.45, 7) is 0. The fourth-order valence-electron chi connectivity index (χ4n) is 1.11. The second-order valence-corrected chi connectivity index (χ2v) is 2.87. The number of hydrogen-bond donors (Lipinski definition) is 1. The number of carbonyl (C=O) groups is 1. The van der Waals surface area contributed by atoms with Crippen LogP contribution in [-0.4, -0.2) is 24.3 Å². The first-order valence-electron chi connectivity index (χ1n) is 4.14. The van der Waals surface area contributed by atoms with Crippen molar-refractivity contribution in [3.63, 3.8) is 0 Å². The molecule has 0 spiro atoms. The molecule has 0 saturated carbocycles. The van der Waals surface area contributed by atoms with Gasteiger partial charge in [-0.2, -0.15) is 0 Å². The molecule has 0 heterocycles. The fraction of sp³-hybridized carbons (Fsp3) is 0.300. The summed E-state index contributed by atoms with van der Waals surface area (Å²) in [7, 11) is 1.19. The van der Waals surface area contributed by atoms with Crippen molar-refractivity contribution in [3.8, 4) is 0 Å². The van der Waals surface area contributed by atoms with Crippen LogP contribution in [0.3, 0.4) is 0 Å². The molecule has 1 atom stereocenters. The monoisotopic (exact) mass is 198 g/mol. The molecule has 4 heteroatoms. The van der Waals surface area contributed by atoms with E-state index in [4.69, 9.17) is 0 Å². The molecule has 0 saturated heterocycles. The Morgan fingerprint density at radius 3 is 2.93 bits per heavy atom. The number of ether oxygens (including phenoxy) is 1. The second-order valence-electron chi connectivity index (χ2n) is 2.87. The predicted molar refractivity (Wildman–Crippen MR) is 48.1 cm³/mol. The van der Waals surface area contributed by atoms with E-state index in [0.717, 1.165) is 0 Å². The van der Waals surface area contributed by atoms with Gasteiger partial charge in [0, 0.05) is 6.42 Å². The molecule has 1 N–H and O–H groups in total. The zero-order valence-corrected chi connectivity index (χ0v) is 7.74. The van der Waals surface area contributed by atoms with Gasteiger partial charge in [0.15, 0.2) is 6.10 Å². The molecule has 0 bridgehead atoms. The molecule has 0 aliphatic rings. The van der Waals surface area contributed by atoms with E-state index in [2.05, 4.69) is 4.74 Å². The van der Waals surface area contributed by atoms with Gasteiger partial charge < -0.3 is 9.84 Å². The van der Waals surface area contributed by atoms with Crippen LogP contribution in [0.4, 0.5) is 4.39 Å². The number of rotatable bonds is 3. The largest absolute Gasteiger partial charge is 0.467 e. The molecule has 76 valence electrons. The normalized spacial score (nSPS) is 12.2. The highest BCUT2D eigenvalue weighted by atomic mass is 19.1. The molecule has 14 heavy (non-hydrogen) atoms. The molecule has 0 aromatic heterocycles. The lowest BCUT2D eigenvalue weighted by molar-refractivity contribution is -0.150. The van der Waals surface area contributed by atoms with Gasteiger partial charge in [-0.25, -0.2) is 9.18 Å². The molecule has 0 aliphatic carbocycles. The minimum Gasteiger partial charge on any atom is -0.467 e. The first kappa shape index (κ1) is 10.7. The van der Waals surface area contributed by atoms with Gasteiger partial charge in [-0.1, -0.05) is 12.1 Å². The van der Waals surface area contributed by atoms with E-state index in [1.165, 1.54) is 25.3 Å². The molecule has 0 radical (unpaired) electrons. The number of halogens is 1. The van der Waals surface area contributed by atoms with Crippen molar-refractivity contribution < 1.29 is 19.0 Å². The first-order valence-corrected chi connectivity index (χ1v) is 4.14. The number of esters is 1. The van der Waals surface area contributed by atoms with Crippen molar-refractivity contribution in [1.82, 2.24) is 0 Å². The van der Waals surface area contributed by atoms with E-state index in [-0.39, 0.29) is 12.2 Å². The molecular weight excluding hydrogens is 187 g/mol. The third-order valence-corrected chi connectivity index (χ3v) is 1.79. The minimum atomic E-state index is -1.23. The van der Waals surface area contributed by atoms with E-state index >= 15 is 0 Å². The molecule has 1 aromatic carbocycles. The van der Waals surface area contributed by atoms with Crippen molar-refractivity contribution >= 4 is 5.97 Å². The zero-order chi connectivity index (χ0) is 10.6. The molecule has 0 unspecified atom stereocenters. The van der Waals surface area contributed by atoms with Gasteiger partial charge >= 0.3 is 5.97 Å². The SMILES string of the molecule is COC(=O)[C@H](O)Cc1cccc(F)c1. The highest BCUT2D eigenvalue weighted by molar-refractivity contribution is 5.74. The molecular formula is C10H11FO3. The Bertz CT molecular complexity index is 325. The summed E-state index contributed by atoms with van der Waals surface area (Å²) in [6.07, 6.45) is -1.17. The second kappa shape index (κ2) is 4.72. The predicted octanol–water partition coefficient (Wildman–Crippen LogP) is 0.902. The van der Waals surface area contributed by atoms with Gasteiger partial charge in [-0.15, -0.1) is 0 Å². The summed E-state index contributed by atoms with van der Waals surface area (Å²) in [6, 6.07) is 5.73. The van der Waals surface area contributed by atoms with E-state index in [1.54, 1.807) is 6.07 Å². The number of carbonyl (C=O) groups excluding carboxylic acids is 1. The lowest BCUT2D eigenvalue weighted by atomic mass is 10.1. The van der Waals surface area contributed by atoms with Gasteiger partial charge in [-0.05, 0) is 17.7 Å². The summed E-state index contributed by atoms with van der Waals surface area (Å²) in [5.74, 6) is -1.10. The third kappa shape index (κ3) is 2.81. The first-order chi connectivity index (χ1) is 6.63. The number of benzene rings is 1. The average molecular weight is 198 g/mol. The Morgan fingerprint density at radius 2 is 2.36 bits per heavy atom. The number of aliphatic hydroxyl groups is 1. The summed E-state index contributed by atoms with van der Waals surface area (Å²) in [5.41, 5.74) is 0.558.